The van der Waals surface area contributed by atoms with Crippen LogP contribution in [0, 0.1) is 11.3 Å². The molecule has 0 amide bonds. The Morgan fingerprint density at radius 3 is 2.89 bits per heavy atom. The standard InChI is InChI=1S/C20H16N4O2S2/c1-2-26-12-7-8-14-16(9-12)24-20(23-14)27-11-17(25)13(10-21)19-22-15-5-3-4-6-18(15)28-19/h3-9,25H,2,11H2,1H3,(H,23,24)/b17-13-. The van der Waals surface area contributed by atoms with Crippen LogP contribution in [0.4, 0.5) is 0 Å². The number of ether oxygens (including phenoxy) is 1. The lowest BCUT2D eigenvalue weighted by atomic mass is 10.2. The molecule has 2 aromatic carbocycles. The summed E-state index contributed by atoms with van der Waals surface area (Å²) in [6.45, 7) is 2.54. The van der Waals surface area contributed by atoms with E-state index in [9.17, 15) is 10.4 Å². The van der Waals surface area contributed by atoms with Gasteiger partial charge in [0.1, 0.15) is 28.2 Å². The van der Waals surface area contributed by atoms with E-state index in [1.54, 1.807) is 0 Å². The molecule has 0 aliphatic rings. The second-order valence-corrected chi connectivity index (χ2v) is 7.86. The van der Waals surface area contributed by atoms with Gasteiger partial charge in [0.15, 0.2) is 5.16 Å². The summed E-state index contributed by atoms with van der Waals surface area (Å²) in [4.78, 5) is 12.2. The summed E-state index contributed by atoms with van der Waals surface area (Å²) in [5, 5.41) is 21.2. The second-order valence-electron chi connectivity index (χ2n) is 5.86. The van der Waals surface area contributed by atoms with Crippen LogP contribution in [0.25, 0.3) is 26.8 Å². The number of para-hydroxylation sites is 1. The summed E-state index contributed by atoms with van der Waals surface area (Å²) in [5.41, 5.74) is 2.70. The molecule has 0 aliphatic carbocycles. The average Bonchev–Trinajstić information content (AvgIpc) is 3.30. The molecule has 140 valence electrons. The van der Waals surface area contributed by atoms with Crippen LogP contribution in [0.3, 0.4) is 0 Å². The zero-order valence-corrected chi connectivity index (χ0v) is 16.6. The molecule has 2 N–H and O–H groups in total. The van der Waals surface area contributed by atoms with Crippen LogP contribution >= 0.6 is 23.1 Å². The highest BCUT2D eigenvalue weighted by Crippen LogP contribution is 2.30. The highest BCUT2D eigenvalue weighted by Gasteiger charge is 2.15. The van der Waals surface area contributed by atoms with Gasteiger partial charge in [-0.1, -0.05) is 23.9 Å². The first-order chi connectivity index (χ1) is 13.7. The first kappa shape index (κ1) is 18.3. The van der Waals surface area contributed by atoms with Crippen molar-refractivity contribution in [3.63, 3.8) is 0 Å². The summed E-state index contributed by atoms with van der Waals surface area (Å²) in [6, 6.07) is 15.4. The summed E-state index contributed by atoms with van der Waals surface area (Å²) in [6.07, 6.45) is 0. The largest absolute Gasteiger partial charge is 0.510 e. The molecule has 0 aliphatic heterocycles. The number of aromatic nitrogens is 3. The first-order valence-corrected chi connectivity index (χ1v) is 10.4. The summed E-state index contributed by atoms with van der Waals surface area (Å²) >= 11 is 2.72. The van der Waals surface area contributed by atoms with E-state index < -0.39 is 0 Å². The summed E-state index contributed by atoms with van der Waals surface area (Å²) in [5.74, 6) is 0.985. The molecule has 4 aromatic rings. The van der Waals surface area contributed by atoms with Crippen LogP contribution in [0.5, 0.6) is 5.75 Å². The lowest BCUT2D eigenvalue weighted by Gasteiger charge is -2.01. The molecule has 0 bridgehead atoms. The molecule has 4 rings (SSSR count). The third-order valence-electron chi connectivity index (χ3n) is 4.00. The monoisotopic (exact) mass is 408 g/mol. The Hall–Kier alpha value is -3.02. The number of aromatic amines is 1. The highest BCUT2D eigenvalue weighted by molar-refractivity contribution is 7.99. The van der Waals surface area contributed by atoms with Gasteiger partial charge in [-0.15, -0.1) is 11.3 Å². The van der Waals surface area contributed by atoms with Crippen molar-refractivity contribution in [2.75, 3.05) is 12.4 Å². The Kier molecular flexibility index (Phi) is 5.19. The second kappa shape index (κ2) is 7.92. The average molecular weight is 409 g/mol. The molecule has 0 saturated heterocycles. The van der Waals surface area contributed by atoms with Gasteiger partial charge < -0.3 is 14.8 Å². The number of benzene rings is 2. The number of rotatable bonds is 6. The van der Waals surface area contributed by atoms with Crippen molar-refractivity contribution in [1.29, 1.82) is 5.26 Å². The number of hydrogen-bond donors (Lipinski definition) is 2. The quantitative estimate of drug-likeness (QED) is 0.260. The van der Waals surface area contributed by atoms with Crippen LogP contribution in [-0.4, -0.2) is 32.4 Å². The fraction of sp³-hybridized carbons (Fsp3) is 0.150. The van der Waals surface area contributed by atoms with Crippen molar-refractivity contribution in [2.24, 2.45) is 0 Å². The van der Waals surface area contributed by atoms with E-state index in [-0.39, 0.29) is 17.1 Å². The molecule has 0 atom stereocenters. The third kappa shape index (κ3) is 3.67. The highest BCUT2D eigenvalue weighted by atomic mass is 32.2. The van der Waals surface area contributed by atoms with E-state index >= 15 is 0 Å². The SMILES string of the molecule is CCOc1ccc2nc(SC/C(O)=C(\C#N)c3nc4ccccc4s3)[nH]c2c1. The maximum absolute atomic E-state index is 10.5. The van der Waals surface area contributed by atoms with Crippen molar-refractivity contribution in [1.82, 2.24) is 15.0 Å². The number of fused-ring (bicyclic) bond motifs is 2. The van der Waals surface area contributed by atoms with Crippen molar-refractivity contribution >= 4 is 49.9 Å². The van der Waals surface area contributed by atoms with E-state index in [1.807, 2.05) is 49.4 Å². The molecule has 28 heavy (non-hydrogen) atoms. The summed E-state index contributed by atoms with van der Waals surface area (Å²) < 4.78 is 6.48. The van der Waals surface area contributed by atoms with Gasteiger partial charge in [-0.05, 0) is 31.2 Å². The van der Waals surface area contributed by atoms with Gasteiger partial charge in [-0.2, -0.15) is 5.26 Å². The Morgan fingerprint density at radius 1 is 1.25 bits per heavy atom. The minimum atomic E-state index is -0.0120. The predicted octanol–water partition coefficient (Wildman–Crippen LogP) is 5.16. The van der Waals surface area contributed by atoms with Crippen molar-refractivity contribution in [2.45, 2.75) is 12.1 Å². The zero-order chi connectivity index (χ0) is 19.5. The Labute approximate surface area is 169 Å². The lowest BCUT2D eigenvalue weighted by molar-refractivity contribution is 0.340. The lowest BCUT2D eigenvalue weighted by Crippen LogP contribution is -1.93. The molecule has 0 spiro atoms. The molecule has 2 aromatic heterocycles. The molecule has 0 saturated carbocycles. The number of allylic oxidation sites excluding steroid dienone is 1. The van der Waals surface area contributed by atoms with Gasteiger partial charge in [-0.3, -0.25) is 0 Å². The number of imidazole rings is 1. The Balaban J connectivity index is 1.55. The Bertz CT molecular complexity index is 1190. The fourth-order valence-electron chi connectivity index (χ4n) is 2.71. The van der Waals surface area contributed by atoms with Crippen LogP contribution in [0.2, 0.25) is 0 Å². The fourth-order valence-corrected chi connectivity index (χ4v) is 4.46. The minimum absolute atomic E-state index is 0.0120. The number of aliphatic hydroxyl groups excluding tert-OH is 1. The van der Waals surface area contributed by atoms with Crippen LogP contribution < -0.4 is 4.74 Å². The Morgan fingerprint density at radius 2 is 2.11 bits per heavy atom. The normalized spacial score (nSPS) is 12.1. The van der Waals surface area contributed by atoms with E-state index in [0.29, 0.717) is 16.8 Å². The first-order valence-electron chi connectivity index (χ1n) is 8.61. The number of H-pyrrole nitrogens is 1. The molecule has 0 radical (unpaired) electrons. The topological polar surface area (TPSA) is 94.8 Å². The van der Waals surface area contributed by atoms with E-state index in [4.69, 9.17) is 4.74 Å². The van der Waals surface area contributed by atoms with Gasteiger partial charge in [0, 0.05) is 6.07 Å². The molecule has 0 unspecified atom stereocenters. The molecular formula is C20H16N4O2S2. The number of nitrogens with zero attached hydrogens (tertiary/aromatic N) is 3. The smallest absolute Gasteiger partial charge is 0.166 e. The maximum atomic E-state index is 10.5. The van der Waals surface area contributed by atoms with Gasteiger partial charge in [0.05, 0.1) is 33.6 Å². The summed E-state index contributed by atoms with van der Waals surface area (Å²) in [7, 11) is 0. The van der Waals surface area contributed by atoms with Gasteiger partial charge in [0.25, 0.3) is 0 Å². The molecule has 0 fully saturated rings. The van der Waals surface area contributed by atoms with Crippen LogP contribution in [0.1, 0.15) is 11.9 Å². The number of aliphatic hydroxyl groups is 1. The number of hydrogen-bond acceptors (Lipinski definition) is 7. The van der Waals surface area contributed by atoms with E-state index in [1.165, 1.54) is 23.1 Å². The van der Waals surface area contributed by atoms with Gasteiger partial charge in [0.2, 0.25) is 0 Å². The van der Waals surface area contributed by atoms with E-state index in [2.05, 4.69) is 21.0 Å². The molecular weight excluding hydrogens is 392 g/mol. The number of thioether (sulfide) groups is 1. The van der Waals surface area contributed by atoms with Gasteiger partial charge >= 0.3 is 0 Å². The zero-order valence-electron chi connectivity index (χ0n) is 15.0. The van der Waals surface area contributed by atoms with Crippen LogP contribution in [0.15, 0.2) is 53.4 Å². The third-order valence-corrected chi connectivity index (χ3v) is 5.93. The van der Waals surface area contributed by atoms with Crippen LogP contribution in [-0.2, 0) is 0 Å². The number of thiazole rings is 1. The number of nitriles is 1. The molecule has 2 heterocycles. The predicted molar refractivity (Wildman–Crippen MR) is 113 cm³/mol. The van der Waals surface area contributed by atoms with Crippen molar-refractivity contribution in [3.8, 4) is 11.8 Å². The number of nitrogens with one attached hydrogen (secondary N) is 1. The maximum Gasteiger partial charge on any atom is 0.166 e. The molecule has 6 nitrogen and oxygen atoms in total. The van der Waals surface area contributed by atoms with Crippen molar-refractivity contribution < 1.29 is 9.84 Å². The minimum Gasteiger partial charge on any atom is -0.510 e. The van der Waals surface area contributed by atoms with Crippen molar-refractivity contribution in [3.05, 3.63) is 53.2 Å². The van der Waals surface area contributed by atoms with Gasteiger partial charge in [-0.25, -0.2) is 9.97 Å². The molecule has 8 heteroatoms. The van der Waals surface area contributed by atoms with E-state index in [0.717, 1.165) is 27.0 Å².